The minimum Gasteiger partial charge on any atom is -0.492 e. The number of likely N-dealkylation sites (tertiary alicyclic amines) is 1. The maximum absolute atomic E-state index is 9.35. The van der Waals surface area contributed by atoms with E-state index in [2.05, 4.69) is 4.90 Å². The van der Waals surface area contributed by atoms with E-state index in [0.717, 1.165) is 36.8 Å². The molecule has 1 aromatic rings. The highest BCUT2D eigenvalue weighted by atomic mass is 35.5. The molecule has 0 aromatic heterocycles. The number of β-amino-alcohol motifs (C(OH)–C–C–N with tert-alkyl or cyclic N) is 1. The van der Waals surface area contributed by atoms with Crippen LogP contribution in [0, 0.1) is 0 Å². The number of hydrogen-bond acceptors (Lipinski definition) is 3. The zero-order valence-corrected chi connectivity index (χ0v) is 9.86. The van der Waals surface area contributed by atoms with Gasteiger partial charge in [-0.1, -0.05) is 11.6 Å². The third-order valence-electron chi connectivity index (χ3n) is 2.74. The Balaban J connectivity index is 1.70. The van der Waals surface area contributed by atoms with Crippen molar-refractivity contribution in [1.82, 2.24) is 4.90 Å². The summed E-state index contributed by atoms with van der Waals surface area (Å²) < 4.78 is 5.58. The number of aliphatic hydroxyl groups excluding tert-OH is 1. The second-order valence-corrected chi connectivity index (χ2v) is 4.48. The van der Waals surface area contributed by atoms with Crippen molar-refractivity contribution in [2.75, 3.05) is 26.2 Å². The van der Waals surface area contributed by atoms with Gasteiger partial charge in [-0.2, -0.15) is 0 Å². The van der Waals surface area contributed by atoms with Crippen LogP contribution < -0.4 is 4.74 Å². The van der Waals surface area contributed by atoms with Gasteiger partial charge in [-0.25, -0.2) is 0 Å². The van der Waals surface area contributed by atoms with Gasteiger partial charge in [-0.05, 0) is 30.7 Å². The molecule has 1 unspecified atom stereocenters. The van der Waals surface area contributed by atoms with E-state index >= 15 is 0 Å². The lowest BCUT2D eigenvalue weighted by atomic mass is 10.3. The summed E-state index contributed by atoms with van der Waals surface area (Å²) in [4.78, 5) is 2.21. The van der Waals surface area contributed by atoms with Crippen molar-refractivity contribution in [3.8, 4) is 5.75 Å². The van der Waals surface area contributed by atoms with Crippen LogP contribution in [-0.2, 0) is 0 Å². The second-order valence-electron chi connectivity index (χ2n) is 4.05. The molecule has 0 amide bonds. The minimum atomic E-state index is -0.157. The number of halogens is 1. The first-order valence-electron chi connectivity index (χ1n) is 5.53. The molecule has 1 fully saturated rings. The Morgan fingerprint density at radius 3 is 2.75 bits per heavy atom. The summed E-state index contributed by atoms with van der Waals surface area (Å²) in [6, 6.07) is 7.36. The van der Waals surface area contributed by atoms with E-state index in [0.29, 0.717) is 6.61 Å². The van der Waals surface area contributed by atoms with E-state index in [1.165, 1.54) is 0 Å². The van der Waals surface area contributed by atoms with Gasteiger partial charge in [0.25, 0.3) is 0 Å². The lowest BCUT2D eigenvalue weighted by Gasteiger charge is -2.15. The van der Waals surface area contributed by atoms with Crippen LogP contribution in [0.25, 0.3) is 0 Å². The molecule has 3 nitrogen and oxygen atoms in total. The molecule has 2 rings (SSSR count). The van der Waals surface area contributed by atoms with E-state index in [1.807, 2.05) is 24.3 Å². The van der Waals surface area contributed by atoms with Crippen LogP contribution in [0.2, 0.25) is 5.02 Å². The molecular formula is C12H16ClNO2. The van der Waals surface area contributed by atoms with Crippen molar-refractivity contribution in [2.24, 2.45) is 0 Å². The fourth-order valence-electron chi connectivity index (χ4n) is 1.84. The zero-order chi connectivity index (χ0) is 11.4. The van der Waals surface area contributed by atoms with Crippen LogP contribution in [-0.4, -0.2) is 42.4 Å². The summed E-state index contributed by atoms with van der Waals surface area (Å²) in [7, 11) is 0. The SMILES string of the molecule is OC1CCN(CCOc2ccc(Cl)cc2)C1. The van der Waals surface area contributed by atoms with Gasteiger partial charge in [-0.3, -0.25) is 4.90 Å². The van der Waals surface area contributed by atoms with Crippen molar-refractivity contribution >= 4 is 11.6 Å². The monoisotopic (exact) mass is 241 g/mol. The first-order chi connectivity index (χ1) is 7.74. The van der Waals surface area contributed by atoms with E-state index in [-0.39, 0.29) is 6.10 Å². The molecular weight excluding hydrogens is 226 g/mol. The number of benzene rings is 1. The molecule has 0 spiro atoms. The van der Waals surface area contributed by atoms with Gasteiger partial charge in [0.2, 0.25) is 0 Å². The predicted molar refractivity (Wildman–Crippen MR) is 64.0 cm³/mol. The fraction of sp³-hybridized carbons (Fsp3) is 0.500. The molecule has 0 bridgehead atoms. The van der Waals surface area contributed by atoms with Gasteiger partial charge in [-0.15, -0.1) is 0 Å². The average Bonchev–Trinajstić information content (AvgIpc) is 2.67. The molecule has 88 valence electrons. The smallest absolute Gasteiger partial charge is 0.119 e. The predicted octanol–water partition coefficient (Wildman–Crippen LogP) is 1.79. The molecule has 4 heteroatoms. The number of nitrogens with zero attached hydrogens (tertiary/aromatic N) is 1. The first kappa shape index (κ1) is 11.7. The Morgan fingerprint density at radius 1 is 1.38 bits per heavy atom. The van der Waals surface area contributed by atoms with Crippen LogP contribution in [0.3, 0.4) is 0 Å². The summed E-state index contributed by atoms with van der Waals surface area (Å²) in [6.07, 6.45) is 0.719. The maximum atomic E-state index is 9.35. The molecule has 1 N–H and O–H groups in total. The number of ether oxygens (including phenoxy) is 1. The van der Waals surface area contributed by atoms with E-state index in [1.54, 1.807) is 0 Å². The molecule has 16 heavy (non-hydrogen) atoms. The molecule has 1 aliphatic heterocycles. The Morgan fingerprint density at radius 2 is 2.12 bits per heavy atom. The van der Waals surface area contributed by atoms with Crippen molar-refractivity contribution in [2.45, 2.75) is 12.5 Å². The van der Waals surface area contributed by atoms with Crippen LogP contribution in [0.5, 0.6) is 5.75 Å². The Hall–Kier alpha value is -0.770. The lowest BCUT2D eigenvalue weighted by Crippen LogP contribution is -2.27. The van der Waals surface area contributed by atoms with Gasteiger partial charge in [0.15, 0.2) is 0 Å². The van der Waals surface area contributed by atoms with E-state index < -0.39 is 0 Å². The summed E-state index contributed by atoms with van der Waals surface area (Å²) in [5.74, 6) is 0.837. The van der Waals surface area contributed by atoms with E-state index in [9.17, 15) is 5.11 Å². The van der Waals surface area contributed by atoms with Crippen molar-refractivity contribution in [1.29, 1.82) is 0 Å². The van der Waals surface area contributed by atoms with Crippen molar-refractivity contribution in [3.63, 3.8) is 0 Å². The molecule has 0 aliphatic carbocycles. The second kappa shape index (κ2) is 5.53. The van der Waals surface area contributed by atoms with Crippen LogP contribution in [0.1, 0.15) is 6.42 Å². The normalized spacial score (nSPS) is 21.2. The van der Waals surface area contributed by atoms with Crippen molar-refractivity contribution < 1.29 is 9.84 Å². The summed E-state index contributed by atoms with van der Waals surface area (Å²) >= 11 is 5.77. The minimum absolute atomic E-state index is 0.157. The quantitative estimate of drug-likeness (QED) is 0.873. The average molecular weight is 242 g/mol. The third kappa shape index (κ3) is 3.37. The zero-order valence-electron chi connectivity index (χ0n) is 9.10. The maximum Gasteiger partial charge on any atom is 0.119 e. The highest BCUT2D eigenvalue weighted by Crippen LogP contribution is 2.15. The Bertz CT molecular complexity index is 328. The molecule has 1 aromatic carbocycles. The third-order valence-corrected chi connectivity index (χ3v) is 2.99. The van der Waals surface area contributed by atoms with Crippen molar-refractivity contribution in [3.05, 3.63) is 29.3 Å². The molecule has 1 atom stereocenters. The van der Waals surface area contributed by atoms with Gasteiger partial charge in [0.05, 0.1) is 6.10 Å². The lowest BCUT2D eigenvalue weighted by molar-refractivity contribution is 0.167. The fourth-order valence-corrected chi connectivity index (χ4v) is 1.96. The molecule has 0 radical (unpaired) electrons. The van der Waals surface area contributed by atoms with Crippen LogP contribution >= 0.6 is 11.6 Å². The number of hydrogen-bond donors (Lipinski definition) is 1. The molecule has 1 aliphatic rings. The standard InChI is InChI=1S/C12H16ClNO2/c13-10-1-3-12(4-2-10)16-8-7-14-6-5-11(15)9-14/h1-4,11,15H,5-9H2. The molecule has 0 saturated carbocycles. The number of rotatable bonds is 4. The Kier molecular flexibility index (Phi) is 4.04. The van der Waals surface area contributed by atoms with Crippen LogP contribution in [0.15, 0.2) is 24.3 Å². The molecule has 1 heterocycles. The van der Waals surface area contributed by atoms with Gasteiger partial charge >= 0.3 is 0 Å². The van der Waals surface area contributed by atoms with Gasteiger partial charge in [0, 0.05) is 24.7 Å². The topological polar surface area (TPSA) is 32.7 Å². The Labute approximate surface area is 101 Å². The summed E-state index contributed by atoms with van der Waals surface area (Å²) in [5.41, 5.74) is 0. The van der Waals surface area contributed by atoms with Gasteiger partial charge < -0.3 is 9.84 Å². The largest absolute Gasteiger partial charge is 0.492 e. The van der Waals surface area contributed by atoms with E-state index in [4.69, 9.17) is 16.3 Å². The summed E-state index contributed by atoms with van der Waals surface area (Å²) in [6.45, 7) is 3.24. The molecule has 1 saturated heterocycles. The summed E-state index contributed by atoms with van der Waals surface area (Å²) in [5, 5.41) is 10.1. The number of aliphatic hydroxyl groups is 1. The van der Waals surface area contributed by atoms with Gasteiger partial charge in [0.1, 0.15) is 12.4 Å². The van der Waals surface area contributed by atoms with Crippen LogP contribution in [0.4, 0.5) is 0 Å². The first-order valence-corrected chi connectivity index (χ1v) is 5.90. The highest BCUT2D eigenvalue weighted by Gasteiger charge is 2.19. The highest BCUT2D eigenvalue weighted by molar-refractivity contribution is 6.30.